The molecule has 8 nitrogen and oxygen atoms in total. The topological polar surface area (TPSA) is 108 Å². The van der Waals surface area contributed by atoms with E-state index >= 15 is 0 Å². The minimum atomic E-state index is -3.85. The Morgan fingerprint density at radius 1 is 0.848 bits per heavy atom. The van der Waals surface area contributed by atoms with Crippen LogP contribution >= 0.6 is 0 Å². The molecule has 0 aromatic heterocycles. The molecule has 3 aromatic rings. The van der Waals surface area contributed by atoms with E-state index in [4.69, 9.17) is 19.3 Å². The fourth-order valence-electron chi connectivity index (χ4n) is 4.18. The first-order valence-corrected chi connectivity index (χ1v) is 11.7. The first-order valence-electron chi connectivity index (χ1n) is 10.1. The zero-order valence-electron chi connectivity index (χ0n) is 18.4. The van der Waals surface area contributed by atoms with Crippen LogP contribution in [0.2, 0.25) is 0 Å². The second-order valence-electron chi connectivity index (χ2n) is 7.53. The number of β-lactam (4-membered cyclic amide) rings is 1. The Kier molecular flexibility index (Phi) is 6.01. The maximum absolute atomic E-state index is 13.4. The third kappa shape index (κ3) is 4.01. The van der Waals surface area contributed by atoms with Gasteiger partial charge in [-0.15, -0.1) is 0 Å². The summed E-state index contributed by atoms with van der Waals surface area (Å²) in [7, 11) is 0.780. The van der Waals surface area contributed by atoms with Gasteiger partial charge in [0.25, 0.3) is 0 Å². The molecule has 2 N–H and O–H groups in total. The lowest BCUT2D eigenvalue weighted by Gasteiger charge is -2.48. The number of amides is 1. The summed E-state index contributed by atoms with van der Waals surface area (Å²) < 4.78 is 40.0. The third-order valence-electron chi connectivity index (χ3n) is 5.75. The Bertz CT molecular complexity index is 1250. The maximum Gasteiger partial charge on any atom is 0.238 e. The lowest BCUT2D eigenvalue weighted by Crippen LogP contribution is -2.53. The van der Waals surface area contributed by atoms with E-state index in [1.54, 1.807) is 50.5 Å². The molecule has 9 heteroatoms. The molecule has 1 heterocycles. The summed E-state index contributed by atoms with van der Waals surface area (Å²) in [6.07, 6.45) is 0. The molecule has 0 aliphatic carbocycles. The Morgan fingerprint density at radius 3 is 1.91 bits per heavy atom. The molecule has 4 rings (SSSR count). The summed E-state index contributed by atoms with van der Waals surface area (Å²) in [6.45, 7) is 0. The Hall–Kier alpha value is -3.56. The summed E-state index contributed by atoms with van der Waals surface area (Å²) in [5.41, 5.74) is 2.07. The van der Waals surface area contributed by atoms with Crippen LogP contribution in [0.25, 0.3) is 0 Å². The third-order valence-corrected chi connectivity index (χ3v) is 6.68. The van der Waals surface area contributed by atoms with Gasteiger partial charge >= 0.3 is 0 Å². The number of methoxy groups -OCH3 is 3. The van der Waals surface area contributed by atoms with Gasteiger partial charge in [0.1, 0.15) is 17.2 Å². The molecule has 1 aliphatic heterocycles. The lowest BCUT2D eigenvalue weighted by atomic mass is 9.76. The normalized spacial score (nSPS) is 17.9. The predicted octanol–water partition coefficient (Wildman–Crippen LogP) is 3.23. The van der Waals surface area contributed by atoms with E-state index < -0.39 is 22.0 Å². The van der Waals surface area contributed by atoms with Gasteiger partial charge in [-0.05, 0) is 29.8 Å². The molecule has 3 aromatic carbocycles. The van der Waals surface area contributed by atoms with Gasteiger partial charge in [-0.1, -0.05) is 30.3 Å². The zero-order chi connectivity index (χ0) is 23.8. The average molecular weight is 469 g/mol. The van der Waals surface area contributed by atoms with Crippen LogP contribution in [0, 0.1) is 0 Å². The molecular formula is C24H24N2O6S. The van der Waals surface area contributed by atoms with Crippen LogP contribution in [0.4, 0.5) is 5.69 Å². The van der Waals surface area contributed by atoms with Crippen LogP contribution < -0.4 is 24.2 Å². The second-order valence-corrected chi connectivity index (χ2v) is 9.09. The number of ether oxygens (including phenoxy) is 3. The molecule has 1 fully saturated rings. The molecule has 172 valence electrons. The molecule has 0 spiro atoms. The van der Waals surface area contributed by atoms with Gasteiger partial charge in [0, 0.05) is 17.8 Å². The van der Waals surface area contributed by atoms with E-state index in [1.165, 1.54) is 12.1 Å². The highest BCUT2D eigenvalue weighted by Crippen LogP contribution is 2.54. The van der Waals surface area contributed by atoms with Gasteiger partial charge in [0.05, 0.1) is 43.7 Å². The van der Waals surface area contributed by atoms with Crippen LogP contribution in [0.3, 0.4) is 0 Å². The largest absolute Gasteiger partial charge is 0.496 e. The fourth-order valence-corrected chi connectivity index (χ4v) is 4.69. The van der Waals surface area contributed by atoms with E-state index in [0.717, 1.165) is 5.56 Å². The molecule has 1 saturated heterocycles. The number of anilines is 1. The Morgan fingerprint density at radius 2 is 1.42 bits per heavy atom. The smallest absolute Gasteiger partial charge is 0.238 e. The molecule has 0 radical (unpaired) electrons. The quantitative estimate of drug-likeness (QED) is 0.534. The monoisotopic (exact) mass is 468 g/mol. The number of carbonyl (C=O) groups excluding carboxylic acids is 1. The molecule has 1 aliphatic rings. The molecule has 0 saturated carbocycles. The summed E-state index contributed by atoms with van der Waals surface area (Å²) in [5.74, 6) is 0.958. The van der Waals surface area contributed by atoms with Gasteiger partial charge in [-0.3, -0.25) is 4.79 Å². The van der Waals surface area contributed by atoms with E-state index in [0.29, 0.717) is 28.5 Å². The van der Waals surface area contributed by atoms with Crippen molar-refractivity contribution in [3.63, 3.8) is 0 Å². The average Bonchev–Trinajstić information content (AvgIpc) is 2.82. The summed E-state index contributed by atoms with van der Waals surface area (Å²) in [6, 6.07) is 18.4. The Labute approximate surface area is 192 Å². The molecule has 1 amide bonds. The molecule has 2 atom stereocenters. The van der Waals surface area contributed by atoms with E-state index in [2.05, 4.69) is 0 Å². The van der Waals surface area contributed by atoms with Crippen LogP contribution in [-0.4, -0.2) is 35.7 Å². The van der Waals surface area contributed by atoms with Crippen molar-refractivity contribution >= 4 is 21.6 Å². The van der Waals surface area contributed by atoms with Gasteiger partial charge in [0.15, 0.2) is 0 Å². The van der Waals surface area contributed by atoms with Crippen LogP contribution in [0.1, 0.15) is 23.1 Å². The number of hydrogen-bond acceptors (Lipinski definition) is 6. The number of rotatable bonds is 7. The van der Waals surface area contributed by atoms with Gasteiger partial charge in [-0.2, -0.15) is 0 Å². The second kappa shape index (κ2) is 8.76. The van der Waals surface area contributed by atoms with Crippen LogP contribution in [-0.2, 0) is 14.8 Å². The summed E-state index contributed by atoms with van der Waals surface area (Å²) in [5, 5.41) is 5.22. The highest BCUT2D eigenvalue weighted by atomic mass is 32.2. The number of sulfonamides is 1. The SMILES string of the molecule is COc1cc(OC)c([C@H]2[C@H](c3ccccc3)C(=O)N2c2ccc(S(N)(=O)=O)cc2)c(OC)c1. The van der Waals surface area contributed by atoms with E-state index in [-0.39, 0.29) is 10.8 Å². The number of nitrogens with two attached hydrogens (primary N) is 1. The van der Waals surface area contributed by atoms with Gasteiger partial charge in [-0.25, -0.2) is 13.6 Å². The van der Waals surface area contributed by atoms with Gasteiger partial charge in [0.2, 0.25) is 15.9 Å². The van der Waals surface area contributed by atoms with Crippen molar-refractivity contribution in [3.8, 4) is 17.2 Å². The number of primary sulfonamides is 1. The minimum Gasteiger partial charge on any atom is -0.496 e. The number of nitrogens with zero attached hydrogens (tertiary/aromatic N) is 1. The minimum absolute atomic E-state index is 0.0324. The summed E-state index contributed by atoms with van der Waals surface area (Å²) >= 11 is 0. The highest BCUT2D eigenvalue weighted by molar-refractivity contribution is 7.89. The first kappa shape index (κ1) is 22.6. The van der Waals surface area contributed by atoms with Crippen molar-refractivity contribution in [1.29, 1.82) is 0 Å². The van der Waals surface area contributed by atoms with Crippen molar-refractivity contribution in [3.05, 3.63) is 77.9 Å². The van der Waals surface area contributed by atoms with Crippen molar-refractivity contribution < 1.29 is 27.4 Å². The van der Waals surface area contributed by atoms with E-state index in [1.807, 2.05) is 30.3 Å². The zero-order valence-corrected chi connectivity index (χ0v) is 19.2. The van der Waals surface area contributed by atoms with Gasteiger partial charge < -0.3 is 19.1 Å². The predicted molar refractivity (Wildman–Crippen MR) is 123 cm³/mol. The molecule has 0 bridgehead atoms. The standard InChI is InChI=1S/C24H24N2O6S/c1-30-17-13-19(31-2)22(20(14-17)32-3)23-21(15-7-5-4-6-8-15)24(27)26(23)16-9-11-18(12-10-16)33(25,28)29/h4-14,21,23H,1-3H3,(H2,25,28,29)/t21-,23+/m0/s1. The maximum atomic E-state index is 13.4. The Balaban J connectivity index is 1.88. The fraction of sp³-hybridized carbons (Fsp3) is 0.208. The number of hydrogen-bond donors (Lipinski definition) is 1. The molecule has 0 unspecified atom stereocenters. The lowest BCUT2D eigenvalue weighted by molar-refractivity contribution is -0.126. The van der Waals surface area contributed by atoms with Crippen molar-refractivity contribution in [2.45, 2.75) is 16.9 Å². The summed E-state index contributed by atoms with van der Waals surface area (Å²) in [4.78, 5) is 15.0. The van der Waals surface area contributed by atoms with E-state index in [9.17, 15) is 13.2 Å². The number of carbonyl (C=O) groups is 1. The van der Waals surface area contributed by atoms with Crippen LogP contribution in [0.5, 0.6) is 17.2 Å². The molecular weight excluding hydrogens is 444 g/mol. The van der Waals surface area contributed by atoms with Crippen molar-refractivity contribution in [1.82, 2.24) is 0 Å². The van der Waals surface area contributed by atoms with Crippen LogP contribution in [0.15, 0.2) is 71.6 Å². The van der Waals surface area contributed by atoms with Crippen molar-refractivity contribution in [2.24, 2.45) is 5.14 Å². The number of benzene rings is 3. The first-order chi connectivity index (χ1) is 15.8. The molecule has 33 heavy (non-hydrogen) atoms. The highest BCUT2D eigenvalue weighted by Gasteiger charge is 2.52. The van der Waals surface area contributed by atoms with Crippen molar-refractivity contribution in [2.75, 3.05) is 26.2 Å².